The third-order valence-corrected chi connectivity index (χ3v) is 3.64. The van der Waals surface area contributed by atoms with Crippen LogP contribution in [0.2, 0.25) is 5.02 Å². The number of rotatable bonds is 2. The Bertz CT molecular complexity index is 628. The average Bonchev–Trinajstić information content (AvgIpc) is 2.37. The minimum absolute atomic E-state index is 0.198. The number of hydrogen-bond donors (Lipinski definition) is 1. The van der Waals surface area contributed by atoms with Crippen LogP contribution in [0.25, 0.3) is 0 Å². The van der Waals surface area contributed by atoms with E-state index in [1.54, 1.807) is 6.07 Å². The molecule has 1 unspecified atom stereocenters. The van der Waals surface area contributed by atoms with Crippen molar-refractivity contribution in [3.8, 4) is 0 Å². The second-order valence-electron chi connectivity index (χ2n) is 4.15. The molecule has 0 fully saturated rings. The first kappa shape index (κ1) is 15.4. The standard InChI is InChI=1S/C14H9BrClF3O/c15-8-5-6-10(12(16)7-8)13(20)9-3-1-2-4-11(9)14(17,18)19/h1-7,13,20H. The van der Waals surface area contributed by atoms with Gasteiger partial charge >= 0.3 is 6.18 Å². The molecule has 1 atom stereocenters. The molecule has 20 heavy (non-hydrogen) atoms. The predicted octanol–water partition coefficient (Wildman–Crippen LogP) is 5.20. The fourth-order valence-corrected chi connectivity index (χ4v) is 2.66. The van der Waals surface area contributed by atoms with E-state index in [0.717, 1.165) is 6.07 Å². The van der Waals surface area contributed by atoms with Crippen LogP contribution in [0.1, 0.15) is 22.8 Å². The molecule has 1 N–H and O–H groups in total. The lowest BCUT2D eigenvalue weighted by atomic mass is 9.96. The van der Waals surface area contributed by atoms with Gasteiger partial charge in [-0.1, -0.05) is 51.8 Å². The van der Waals surface area contributed by atoms with E-state index in [9.17, 15) is 18.3 Å². The van der Waals surface area contributed by atoms with Crippen molar-refractivity contribution in [3.63, 3.8) is 0 Å². The predicted molar refractivity (Wildman–Crippen MR) is 74.7 cm³/mol. The van der Waals surface area contributed by atoms with Crippen LogP contribution < -0.4 is 0 Å². The summed E-state index contributed by atoms with van der Waals surface area (Å²) in [5, 5.41) is 10.4. The van der Waals surface area contributed by atoms with Crippen molar-refractivity contribution in [2.45, 2.75) is 12.3 Å². The van der Waals surface area contributed by atoms with Gasteiger partial charge in [-0.05, 0) is 23.8 Å². The fraction of sp³-hybridized carbons (Fsp3) is 0.143. The third-order valence-electron chi connectivity index (χ3n) is 2.82. The van der Waals surface area contributed by atoms with Crippen LogP contribution in [0.4, 0.5) is 13.2 Å². The van der Waals surface area contributed by atoms with E-state index in [-0.39, 0.29) is 16.1 Å². The second kappa shape index (κ2) is 5.76. The molecule has 0 aliphatic heterocycles. The van der Waals surface area contributed by atoms with Gasteiger partial charge in [0, 0.05) is 15.1 Å². The van der Waals surface area contributed by atoms with Crippen LogP contribution in [0, 0.1) is 0 Å². The summed E-state index contributed by atoms with van der Waals surface area (Å²) in [6.07, 6.45) is -5.97. The molecule has 0 aliphatic carbocycles. The van der Waals surface area contributed by atoms with E-state index in [1.165, 1.54) is 30.3 Å². The maximum atomic E-state index is 12.9. The highest BCUT2D eigenvalue weighted by Gasteiger charge is 2.35. The number of hydrogen-bond acceptors (Lipinski definition) is 1. The summed E-state index contributed by atoms with van der Waals surface area (Å²) in [6.45, 7) is 0. The first-order chi connectivity index (χ1) is 9.30. The van der Waals surface area contributed by atoms with Crippen molar-refractivity contribution in [1.29, 1.82) is 0 Å². The monoisotopic (exact) mass is 364 g/mol. The zero-order valence-electron chi connectivity index (χ0n) is 9.96. The van der Waals surface area contributed by atoms with Crippen molar-refractivity contribution in [2.75, 3.05) is 0 Å². The lowest BCUT2D eigenvalue weighted by Gasteiger charge is -2.18. The lowest BCUT2D eigenvalue weighted by molar-refractivity contribution is -0.139. The van der Waals surface area contributed by atoms with Gasteiger partial charge in [-0.3, -0.25) is 0 Å². The molecule has 0 amide bonds. The normalized spacial score (nSPS) is 13.3. The largest absolute Gasteiger partial charge is 0.416 e. The first-order valence-corrected chi connectivity index (χ1v) is 6.77. The highest BCUT2D eigenvalue weighted by Crippen LogP contribution is 2.38. The topological polar surface area (TPSA) is 20.2 Å². The Morgan fingerprint density at radius 1 is 1.05 bits per heavy atom. The highest BCUT2D eigenvalue weighted by atomic mass is 79.9. The van der Waals surface area contributed by atoms with Gasteiger partial charge < -0.3 is 5.11 Å². The number of aliphatic hydroxyl groups is 1. The van der Waals surface area contributed by atoms with E-state index in [2.05, 4.69) is 15.9 Å². The molecule has 0 aromatic heterocycles. The smallest absolute Gasteiger partial charge is 0.384 e. The first-order valence-electron chi connectivity index (χ1n) is 5.60. The minimum Gasteiger partial charge on any atom is -0.384 e. The molecule has 0 heterocycles. The number of aliphatic hydroxyl groups excluding tert-OH is 1. The van der Waals surface area contributed by atoms with E-state index < -0.39 is 17.8 Å². The van der Waals surface area contributed by atoms with Crippen LogP contribution in [-0.2, 0) is 6.18 Å². The van der Waals surface area contributed by atoms with E-state index in [0.29, 0.717) is 4.47 Å². The summed E-state index contributed by atoms with van der Waals surface area (Å²) < 4.78 is 39.5. The van der Waals surface area contributed by atoms with E-state index in [1.807, 2.05) is 0 Å². The van der Waals surface area contributed by atoms with Gasteiger partial charge in [0.1, 0.15) is 6.10 Å². The van der Waals surface area contributed by atoms with E-state index >= 15 is 0 Å². The number of alkyl halides is 3. The van der Waals surface area contributed by atoms with Gasteiger partial charge in [0.2, 0.25) is 0 Å². The summed E-state index contributed by atoms with van der Waals surface area (Å²) in [6, 6.07) is 9.53. The number of benzene rings is 2. The summed E-state index contributed by atoms with van der Waals surface area (Å²) in [7, 11) is 0. The molecule has 0 radical (unpaired) electrons. The lowest BCUT2D eigenvalue weighted by Crippen LogP contribution is -2.12. The fourth-order valence-electron chi connectivity index (χ4n) is 1.88. The molecule has 0 spiro atoms. The molecule has 106 valence electrons. The zero-order valence-corrected chi connectivity index (χ0v) is 12.3. The molecule has 2 rings (SSSR count). The highest BCUT2D eigenvalue weighted by molar-refractivity contribution is 9.10. The van der Waals surface area contributed by atoms with Crippen molar-refractivity contribution < 1.29 is 18.3 Å². The summed E-state index contributed by atoms with van der Waals surface area (Å²) in [5.41, 5.74) is -0.859. The van der Waals surface area contributed by atoms with Gasteiger partial charge in [-0.2, -0.15) is 13.2 Å². The molecule has 2 aromatic rings. The Kier molecular flexibility index (Phi) is 4.42. The van der Waals surface area contributed by atoms with Crippen LogP contribution in [0.3, 0.4) is 0 Å². The molecule has 1 nitrogen and oxygen atoms in total. The maximum Gasteiger partial charge on any atom is 0.416 e. The van der Waals surface area contributed by atoms with Crippen molar-refractivity contribution in [2.24, 2.45) is 0 Å². The van der Waals surface area contributed by atoms with Gasteiger partial charge in [-0.25, -0.2) is 0 Å². The molecule has 6 heteroatoms. The van der Waals surface area contributed by atoms with Crippen LogP contribution in [0.15, 0.2) is 46.9 Å². The Morgan fingerprint density at radius 2 is 1.70 bits per heavy atom. The summed E-state index contributed by atoms with van der Waals surface area (Å²) in [5.74, 6) is 0. The van der Waals surface area contributed by atoms with Crippen LogP contribution >= 0.6 is 27.5 Å². The Balaban J connectivity index is 2.51. The maximum absolute atomic E-state index is 12.9. The molecule has 2 aromatic carbocycles. The van der Waals surface area contributed by atoms with Gasteiger partial charge in [-0.15, -0.1) is 0 Å². The molecule has 0 saturated heterocycles. The number of halogens is 5. The third kappa shape index (κ3) is 3.16. The SMILES string of the molecule is OC(c1ccc(Br)cc1Cl)c1ccccc1C(F)(F)F. The summed E-state index contributed by atoms with van der Waals surface area (Å²) >= 11 is 9.17. The average molecular weight is 366 g/mol. The van der Waals surface area contributed by atoms with E-state index in [4.69, 9.17) is 11.6 Å². The van der Waals surface area contributed by atoms with Crippen molar-refractivity contribution >= 4 is 27.5 Å². The molecular formula is C14H9BrClF3O. The Hall–Kier alpha value is -1.04. The molecular weight excluding hydrogens is 357 g/mol. The summed E-state index contributed by atoms with van der Waals surface area (Å²) in [4.78, 5) is 0. The van der Waals surface area contributed by atoms with Crippen LogP contribution in [-0.4, -0.2) is 5.11 Å². The van der Waals surface area contributed by atoms with Gasteiger partial charge in [0.15, 0.2) is 0 Å². The quantitative estimate of drug-likeness (QED) is 0.775. The van der Waals surface area contributed by atoms with Crippen LogP contribution in [0.5, 0.6) is 0 Å². The Labute approximate surface area is 127 Å². The van der Waals surface area contributed by atoms with Gasteiger partial charge in [0.05, 0.1) is 5.56 Å². The Morgan fingerprint density at radius 3 is 2.30 bits per heavy atom. The molecule has 0 aliphatic rings. The van der Waals surface area contributed by atoms with Crippen molar-refractivity contribution in [3.05, 3.63) is 68.7 Å². The molecule has 0 saturated carbocycles. The van der Waals surface area contributed by atoms with Gasteiger partial charge in [0.25, 0.3) is 0 Å². The zero-order chi connectivity index (χ0) is 14.9. The van der Waals surface area contributed by atoms with Crippen molar-refractivity contribution in [1.82, 2.24) is 0 Å². The minimum atomic E-state index is -4.53. The molecule has 0 bridgehead atoms. The second-order valence-corrected chi connectivity index (χ2v) is 5.48.